The Balaban J connectivity index is 3.31. The lowest BCUT2D eigenvalue weighted by molar-refractivity contribution is 0.586. The van der Waals surface area contributed by atoms with Crippen molar-refractivity contribution in [2.24, 2.45) is 0 Å². The van der Waals surface area contributed by atoms with Crippen LogP contribution < -0.4 is 0 Å². The van der Waals surface area contributed by atoms with Crippen molar-refractivity contribution >= 4 is 0 Å². The fraction of sp³-hybridized carbons (Fsp3) is 0.111. The average molecular weight is 178 g/mol. The molecular weight excluding hydrogens is 174 g/mol. The third-order valence-electron chi connectivity index (χ3n) is 1.50. The zero-order chi connectivity index (χ0) is 9.84. The lowest BCUT2D eigenvalue weighted by Crippen LogP contribution is -1.94. The zero-order valence-electron chi connectivity index (χ0n) is 6.51. The number of halogens is 2. The minimum Gasteiger partial charge on any atom is -0.207 e. The van der Waals surface area contributed by atoms with Gasteiger partial charge in [-0.25, -0.2) is 8.78 Å². The Kier molecular flexibility index (Phi) is 2.56. The first-order valence-electron chi connectivity index (χ1n) is 3.44. The van der Waals surface area contributed by atoms with Crippen molar-refractivity contribution in [2.75, 3.05) is 0 Å². The summed E-state index contributed by atoms with van der Waals surface area (Å²) in [6.45, 7) is 0. The van der Waals surface area contributed by atoms with Gasteiger partial charge in [-0.05, 0) is 12.1 Å². The van der Waals surface area contributed by atoms with Gasteiger partial charge in [-0.15, -0.1) is 0 Å². The smallest absolute Gasteiger partial charge is 0.145 e. The topological polar surface area (TPSA) is 47.6 Å². The van der Waals surface area contributed by atoms with Gasteiger partial charge in [-0.1, -0.05) is 0 Å². The van der Waals surface area contributed by atoms with Crippen LogP contribution in [0.3, 0.4) is 0 Å². The van der Waals surface area contributed by atoms with E-state index in [4.69, 9.17) is 10.5 Å². The van der Waals surface area contributed by atoms with Crippen LogP contribution in [0.1, 0.15) is 11.1 Å². The molecule has 0 aliphatic carbocycles. The highest BCUT2D eigenvalue weighted by Gasteiger charge is 2.09. The molecule has 0 saturated carbocycles. The number of hydrogen-bond donors (Lipinski definition) is 0. The molecule has 0 aromatic heterocycles. The third-order valence-corrected chi connectivity index (χ3v) is 1.50. The van der Waals surface area contributed by atoms with Crippen LogP contribution in [0.25, 0.3) is 0 Å². The minimum atomic E-state index is -0.814. The van der Waals surface area contributed by atoms with Gasteiger partial charge in [-0.2, -0.15) is 10.5 Å². The number of benzene rings is 1. The summed E-state index contributed by atoms with van der Waals surface area (Å²) >= 11 is 0. The molecule has 0 atom stereocenters. The number of nitrogens with zero attached hydrogens (tertiary/aromatic N) is 2. The summed E-state index contributed by atoms with van der Waals surface area (Å²) in [5.74, 6) is -1.52. The lowest BCUT2D eigenvalue weighted by Gasteiger charge is -1.99. The first-order valence-corrected chi connectivity index (χ1v) is 3.44. The molecule has 0 aliphatic rings. The Hall–Kier alpha value is -1.94. The minimum absolute atomic E-state index is 0.0842. The molecule has 0 N–H and O–H groups in total. The molecule has 0 saturated heterocycles. The van der Waals surface area contributed by atoms with E-state index in [9.17, 15) is 8.78 Å². The molecule has 0 heterocycles. The molecule has 1 aromatic rings. The largest absolute Gasteiger partial charge is 0.207 e. The van der Waals surface area contributed by atoms with E-state index in [0.717, 1.165) is 12.1 Å². The molecule has 64 valence electrons. The fourth-order valence-corrected chi connectivity index (χ4v) is 0.941. The number of nitriles is 2. The second-order valence-electron chi connectivity index (χ2n) is 2.37. The van der Waals surface area contributed by atoms with Crippen LogP contribution >= 0.6 is 0 Å². The Labute approximate surface area is 73.6 Å². The molecule has 2 nitrogen and oxygen atoms in total. The summed E-state index contributed by atoms with van der Waals surface area (Å²) in [6, 6.07) is 4.92. The summed E-state index contributed by atoms with van der Waals surface area (Å²) in [4.78, 5) is 0. The Bertz CT molecular complexity index is 413. The van der Waals surface area contributed by atoms with Crippen LogP contribution in [0.5, 0.6) is 0 Å². The molecule has 0 spiro atoms. The van der Waals surface area contributed by atoms with Crippen molar-refractivity contribution in [3.8, 4) is 12.1 Å². The van der Waals surface area contributed by atoms with E-state index >= 15 is 0 Å². The van der Waals surface area contributed by atoms with Crippen LogP contribution in [0.2, 0.25) is 0 Å². The van der Waals surface area contributed by atoms with Gasteiger partial charge in [0, 0.05) is 5.56 Å². The van der Waals surface area contributed by atoms with Gasteiger partial charge in [0.05, 0.1) is 18.1 Å². The number of hydrogen-bond acceptors (Lipinski definition) is 2. The second-order valence-corrected chi connectivity index (χ2v) is 2.37. The van der Waals surface area contributed by atoms with E-state index < -0.39 is 11.6 Å². The summed E-state index contributed by atoms with van der Waals surface area (Å²) in [6.07, 6.45) is -0.238. The highest BCUT2D eigenvalue weighted by molar-refractivity contribution is 5.36. The molecule has 1 rings (SSSR count). The molecule has 0 unspecified atom stereocenters. The van der Waals surface area contributed by atoms with Crippen LogP contribution in [0, 0.1) is 34.3 Å². The van der Waals surface area contributed by atoms with Crippen molar-refractivity contribution in [3.05, 3.63) is 34.9 Å². The molecule has 0 fully saturated rings. The van der Waals surface area contributed by atoms with E-state index in [0.29, 0.717) is 0 Å². The quantitative estimate of drug-likeness (QED) is 0.659. The Morgan fingerprint density at radius 2 is 1.92 bits per heavy atom. The van der Waals surface area contributed by atoms with Gasteiger partial charge in [-0.3, -0.25) is 0 Å². The molecule has 4 heteroatoms. The van der Waals surface area contributed by atoms with Gasteiger partial charge in [0.1, 0.15) is 17.7 Å². The van der Waals surface area contributed by atoms with Crippen molar-refractivity contribution in [1.29, 1.82) is 10.5 Å². The molecule has 13 heavy (non-hydrogen) atoms. The van der Waals surface area contributed by atoms with Gasteiger partial charge >= 0.3 is 0 Å². The predicted octanol–water partition coefficient (Wildman–Crippen LogP) is 1.90. The maximum atomic E-state index is 13.1. The standard InChI is InChI=1S/C9H4F2N2/c10-8-3-6(1-2-12)9(11)7(4-8)5-13/h3-4H,1H2. The molecule has 0 radical (unpaired) electrons. The van der Waals surface area contributed by atoms with Crippen LogP contribution in [-0.4, -0.2) is 0 Å². The first kappa shape index (κ1) is 9.15. The van der Waals surface area contributed by atoms with Crippen LogP contribution in [0.15, 0.2) is 12.1 Å². The SMILES string of the molecule is N#CCc1cc(F)cc(C#N)c1F. The monoisotopic (exact) mass is 178 g/mol. The van der Waals surface area contributed by atoms with E-state index in [1.807, 2.05) is 0 Å². The van der Waals surface area contributed by atoms with E-state index in [1.54, 1.807) is 6.07 Å². The van der Waals surface area contributed by atoms with Gasteiger partial charge in [0.2, 0.25) is 0 Å². The molecule has 1 aromatic carbocycles. The van der Waals surface area contributed by atoms with E-state index in [1.165, 1.54) is 6.07 Å². The summed E-state index contributed by atoms with van der Waals surface area (Å²) < 4.78 is 25.8. The van der Waals surface area contributed by atoms with E-state index in [2.05, 4.69) is 0 Å². The molecule has 0 aliphatic heterocycles. The van der Waals surface area contributed by atoms with Gasteiger partial charge in [0.25, 0.3) is 0 Å². The van der Waals surface area contributed by atoms with Crippen molar-refractivity contribution in [3.63, 3.8) is 0 Å². The summed E-state index contributed by atoms with van der Waals surface area (Å²) in [5, 5.41) is 16.7. The van der Waals surface area contributed by atoms with E-state index in [-0.39, 0.29) is 17.5 Å². The first-order chi connectivity index (χ1) is 6.19. The molecule has 0 amide bonds. The maximum Gasteiger partial charge on any atom is 0.145 e. The van der Waals surface area contributed by atoms with Gasteiger partial charge in [0.15, 0.2) is 0 Å². The second kappa shape index (κ2) is 3.64. The summed E-state index contributed by atoms with van der Waals surface area (Å²) in [7, 11) is 0. The average Bonchev–Trinajstić information content (AvgIpc) is 2.11. The highest BCUT2D eigenvalue weighted by Crippen LogP contribution is 2.15. The van der Waals surface area contributed by atoms with Crippen molar-refractivity contribution in [2.45, 2.75) is 6.42 Å². The normalized spacial score (nSPS) is 8.92. The maximum absolute atomic E-state index is 13.1. The molecular formula is C9H4F2N2. The Morgan fingerprint density at radius 3 is 2.46 bits per heavy atom. The molecule has 0 bridgehead atoms. The summed E-state index contributed by atoms with van der Waals surface area (Å²) in [5.41, 5.74) is -0.454. The third kappa shape index (κ3) is 1.80. The zero-order valence-corrected chi connectivity index (χ0v) is 6.51. The van der Waals surface area contributed by atoms with Crippen LogP contribution in [0.4, 0.5) is 8.78 Å². The fourth-order valence-electron chi connectivity index (χ4n) is 0.941. The lowest BCUT2D eigenvalue weighted by atomic mass is 10.1. The van der Waals surface area contributed by atoms with Crippen LogP contribution in [-0.2, 0) is 6.42 Å². The van der Waals surface area contributed by atoms with Crippen molar-refractivity contribution in [1.82, 2.24) is 0 Å². The number of rotatable bonds is 1. The highest BCUT2D eigenvalue weighted by atomic mass is 19.1. The van der Waals surface area contributed by atoms with Gasteiger partial charge < -0.3 is 0 Å². The Morgan fingerprint density at radius 1 is 1.23 bits per heavy atom. The van der Waals surface area contributed by atoms with Crippen molar-refractivity contribution < 1.29 is 8.78 Å². The predicted molar refractivity (Wildman–Crippen MR) is 40.4 cm³/mol.